The second-order valence-corrected chi connectivity index (χ2v) is 8.90. The zero-order valence-electron chi connectivity index (χ0n) is 17.9. The van der Waals surface area contributed by atoms with Gasteiger partial charge in [-0.15, -0.1) is 0 Å². The Labute approximate surface area is 186 Å². The summed E-state index contributed by atoms with van der Waals surface area (Å²) in [6.07, 6.45) is 0.959. The number of amides is 2. The number of carbonyl (C=O) groups excluding carboxylic acids is 2. The van der Waals surface area contributed by atoms with E-state index in [1.807, 2.05) is 66.5 Å². The highest BCUT2D eigenvalue weighted by Crippen LogP contribution is 2.39. The van der Waals surface area contributed by atoms with Gasteiger partial charge in [0.05, 0.1) is 5.92 Å². The highest BCUT2D eigenvalue weighted by Gasteiger charge is 2.43. The van der Waals surface area contributed by atoms with Crippen molar-refractivity contribution in [3.63, 3.8) is 0 Å². The summed E-state index contributed by atoms with van der Waals surface area (Å²) in [5, 5.41) is 1.94. The summed E-state index contributed by atoms with van der Waals surface area (Å²) >= 11 is 0. The van der Waals surface area contributed by atoms with Crippen LogP contribution in [0.5, 0.6) is 11.5 Å². The molecule has 32 heavy (non-hydrogen) atoms. The van der Waals surface area contributed by atoms with E-state index in [4.69, 9.17) is 9.47 Å². The van der Waals surface area contributed by atoms with Crippen molar-refractivity contribution in [2.24, 2.45) is 11.8 Å². The Bertz CT molecular complexity index is 1250. The molecule has 6 heteroatoms. The molecule has 3 aliphatic heterocycles. The molecule has 162 valence electrons. The summed E-state index contributed by atoms with van der Waals surface area (Å²) in [7, 11) is 1.85. The number of nitrogens with zero attached hydrogens (tertiary/aromatic N) is 2. The van der Waals surface area contributed by atoms with Crippen LogP contribution in [0.15, 0.2) is 54.6 Å². The first-order chi connectivity index (χ1) is 15.6. The predicted octanol–water partition coefficient (Wildman–Crippen LogP) is 3.79. The maximum Gasteiger partial charge on any atom is 0.254 e. The number of fused-ring (bicyclic) bond motifs is 3. The van der Waals surface area contributed by atoms with Crippen molar-refractivity contribution in [2.45, 2.75) is 6.42 Å². The lowest BCUT2D eigenvalue weighted by Gasteiger charge is -2.30. The van der Waals surface area contributed by atoms with Crippen LogP contribution in [0.1, 0.15) is 16.8 Å². The van der Waals surface area contributed by atoms with E-state index in [0.717, 1.165) is 46.4 Å². The number of carbonyl (C=O) groups is 2. The molecule has 3 heterocycles. The largest absolute Gasteiger partial charge is 0.454 e. The minimum Gasteiger partial charge on any atom is -0.454 e. The smallest absolute Gasteiger partial charge is 0.254 e. The van der Waals surface area contributed by atoms with Gasteiger partial charge in [-0.1, -0.05) is 36.4 Å². The molecule has 6 nitrogen and oxygen atoms in total. The molecule has 0 radical (unpaired) electrons. The van der Waals surface area contributed by atoms with E-state index in [9.17, 15) is 9.59 Å². The molecule has 3 aromatic carbocycles. The minimum absolute atomic E-state index is 0.00305. The van der Waals surface area contributed by atoms with Gasteiger partial charge in [0.1, 0.15) is 0 Å². The summed E-state index contributed by atoms with van der Waals surface area (Å²) in [6, 6.07) is 17.9. The lowest BCUT2D eigenvalue weighted by Crippen LogP contribution is -2.42. The number of likely N-dealkylation sites (tertiary alicyclic amines) is 2. The van der Waals surface area contributed by atoms with Crippen LogP contribution in [-0.4, -0.2) is 55.1 Å². The molecule has 2 atom stereocenters. The summed E-state index contributed by atoms with van der Waals surface area (Å²) < 4.78 is 11.0. The Morgan fingerprint density at radius 3 is 2.66 bits per heavy atom. The minimum atomic E-state index is -0.0723. The van der Waals surface area contributed by atoms with Gasteiger partial charge in [0.25, 0.3) is 5.91 Å². The van der Waals surface area contributed by atoms with Gasteiger partial charge in [0.2, 0.25) is 12.7 Å². The molecular weight excluding hydrogens is 404 g/mol. The molecule has 0 unspecified atom stereocenters. The standard InChI is InChI=1S/C26H24N2O4/c1-27-11-10-17-13-28(14-22(17)25(27)29)26(30)21-8-7-18(19-4-2-3-5-20(19)21)16-6-9-23-24(12-16)32-15-31-23/h2-9,12,17,22H,10-11,13-15H2,1H3/t17-,22+/m1/s1. The van der Waals surface area contributed by atoms with E-state index in [-0.39, 0.29) is 30.4 Å². The molecule has 0 aromatic heterocycles. The first-order valence-electron chi connectivity index (χ1n) is 11.1. The normalized spacial score (nSPS) is 21.8. The monoisotopic (exact) mass is 428 g/mol. The van der Waals surface area contributed by atoms with Gasteiger partial charge in [0.15, 0.2) is 11.5 Å². The number of benzene rings is 3. The summed E-state index contributed by atoms with van der Waals surface area (Å²) in [5.41, 5.74) is 2.75. The second kappa shape index (κ2) is 7.26. The number of rotatable bonds is 2. The molecule has 0 saturated carbocycles. The maximum atomic E-state index is 13.6. The lowest BCUT2D eigenvalue weighted by molar-refractivity contribution is -0.137. The SMILES string of the molecule is CN1CC[C@@H]2CN(C(=O)c3ccc(-c4ccc5c(c4)OCO5)c4ccccc34)C[C@@H]2C1=O. The van der Waals surface area contributed by atoms with Crippen molar-refractivity contribution in [1.29, 1.82) is 0 Å². The van der Waals surface area contributed by atoms with Crippen LogP contribution in [-0.2, 0) is 4.79 Å². The Kier molecular flexibility index (Phi) is 4.35. The number of ether oxygens (including phenoxy) is 2. The van der Waals surface area contributed by atoms with Crippen LogP contribution in [0.25, 0.3) is 21.9 Å². The van der Waals surface area contributed by atoms with Gasteiger partial charge < -0.3 is 19.3 Å². The molecule has 3 aromatic rings. The van der Waals surface area contributed by atoms with Crippen LogP contribution >= 0.6 is 0 Å². The molecule has 6 rings (SSSR count). The molecule has 0 aliphatic carbocycles. The molecule has 0 bridgehead atoms. The van der Waals surface area contributed by atoms with Gasteiger partial charge in [-0.3, -0.25) is 9.59 Å². The zero-order valence-corrected chi connectivity index (χ0v) is 17.9. The molecular formula is C26H24N2O4. The lowest BCUT2D eigenvalue weighted by atomic mass is 9.88. The molecule has 2 saturated heterocycles. The van der Waals surface area contributed by atoms with E-state index in [0.29, 0.717) is 18.7 Å². The summed E-state index contributed by atoms with van der Waals surface area (Å²) in [5.74, 6) is 1.85. The number of hydrogen-bond acceptors (Lipinski definition) is 4. The first kappa shape index (κ1) is 19.2. The Hall–Kier alpha value is -3.54. The van der Waals surface area contributed by atoms with Crippen molar-refractivity contribution < 1.29 is 19.1 Å². The van der Waals surface area contributed by atoms with Crippen molar-refractivity contribution in [1.82, 2.24) is 9.80 Å². The third kappa shape index (κ3) is 2.93. The zero-order chi connectivity index (χ0) is 21.8. The van der Waals surface area contributed by atoms with Crippen molar-refractivity contribution in [3.05, 3.63) is 60.2 Å². The van der Waals surface area contributed by atoms with Crippen LogP contribution < -0.4 is 9.47 Å². The summed E-state index contributed by atoms with van der Waals surface area (Å²) in [4.78, 5) is 29.8. The fourth-order valence-corrected chi connectivity index (χ4v) is 5.33. The van der Waals surface area contributed by atoms with Crippen molar-refractivity contribution in [3.8, 4) is 22.6 Å². The van der Waals surface area contributed by atoms with E-state index in [1.54, 1.807) is 4.90 Å². The van der Waals surface area contributed by atoms with Crippen molar-refractivity contribution in [2.75, 3.05) is 33.5 Å². The highest BCUT2D eigenvalue weighted by atomic mass is 16.7. The van der Waals surface area contributed by atoms with Crippen molar-refractivity contribution >= 4 is 22.6 Å². The van der Waals surface area contributed by atoms with E-state index in [2.05, 4.69) is 0 Å². The Balaban J connectivity index is 1.37. The topological polar surface area (TPSA) is 59.1 Å². The molecule has 3 aliphatic rings. The fourth-order valence-electron chi connectivity index (χ4n) is 5.33. The molecule has 0 N–H and O–H groups in total. The third-order valence-electron chi connectivity index (χ3n) is 7.10. The quantitative estimate of drug-likeness (QED) is 0.623. The second-order valence-electron chi connectivity index (χ2n) is 8.90. The van der Waals surface area contributed by atoms with Crippen LogP contribution in [0, 0.1) is 11.8 Å². The summed E-state index contributed by atoms with van der Waals surface area (Å²) in [6.45, 7) is 2.17. The third-order valence-corrected chi connectivity index (χ3v) is 7.10. The first-order valence-corrected chi connectivity index (χ1v) is 11.1. The number of hydrogen-bond donors (Lipinski definition) is 0. The van der Waals surface area contributed by atoms with Crippen LogP contribution in [0.2, 0.25) is 0 Å². The van der Waals surface area contributed by atoms with E-state index >= 15 is 0 Å². The number of piperidine rings is 1. The van der Waals surface area contributed by atoms with Gasteiger partial charge in [-0.2, -0.15) is 0 Å². The van der Waals surface area contributed by atoms with E-state index < -0.39 is 0 Å². The maximum absolute atomic E-state index is 13.6. The molecule has 0 spiro atoms. The van der Waals surface area contributed by atoms with Gasteiger partial charge >= 0.3 is 0 Å². The van der Waals surface area contributed by atoms with Gasteiger partial charge in [-0.25, -0.2) is 0 Å². The fraction of sp³-hybridized carbons (Fsp3) is 0.308. The average molecular weight is 428 g/mol. The van der Waals surface area contributed by atoms with Crippen LogP contribution in [0.3, 0.4) is 0 Å². The molecule has 2 fully saturated rings. The van der Waals surface area contributed by atoms with Gasteiger partial charge in [0, 0.05) is 32.2 Å². The van der Waals surface area contributed by atoms with Crippen LogP contribution in [0.4, 0.5) is 0 Å². The Morgan fingerprint density at radius 2 is 1.78 bits per heavy atom. The highest BCUT2D eigenvalue weighted by molar-refractivity contribution is 6.11. The predicted molar refractivity (Wildman–Crippen MR) is 121 cm³/mol. The average Bonchev–Trinajstić information content (AvgIpc) is 3.47. The Morgan fingerprint density at radius 1 is 0.969 bits per heavy atom. The van der Waals surface area contributed by atoms with E-state index in [1.165, 1.54) is 0 Å². The molecule has 2 amide bonds. The van der Waals surface area contributed by atoms with Gasteiger partial charge in [-0.05, 0) is 52.4 Å².